The highest BCUT2D eigenvalue weighted by molar-refractivity contribution is 5.22. The van der Waals surface area contributed by atoms with E-state index < -0.39 is 0 Å². The highest BCUT2D eigenvalue weighted by atomic mass is 15.3. The second-order valence-electron chi connectivity index (χ2n) is 5.77. The minimum absolute atomic E-state index is 0.572. The van der Waals surface area contributed by atoms with E-state index in [4.69, 9.17) is 0 Å². The van der Waals surface area contributed by atoms with Gasteiger partial charge in [0.05, 0.1) is 12.2 Å². The van der Waals surface area contributed by atoms with E-state index in [0.717, 1.165) is 12.5 Å². The fraction of sp³-hybridized carbons (Fsp3) is 0.800. The SMILES string of the molecule is CNC(Cn1nc(C)c(C)c1C)C1CCCCC1. The summed E-state index contributed by atoms with van der Waals surface area (Å²) in [6.45, 7) is 7.47. The van der Waals surface area contributed by atoms with E-state index in [-0.39, 0.29) is 0 Å². The molecule has 0 spiro atoms. The van der Waals surface area contributed by atoms with Crippen LogP contribution in [0.4, 0.5) is 0 Å². The van der Waals surface area contributed by atoms with E-state index in [1.807, 2.05) is 0 Å². The third-order valence-corrected chi connectivity index (χ3v) is 4.70. The number of aryl methyl sites for hydroxylation is 1. The Labute approximate surface area is 111 Å². The Kier molecular flexibility index (Phi) is 4.44. The van der Waals surface area contributed by atoms with Crippen LogP contribution < -0.4 is 5.32 Å². The van der Waals surface area contributed by atoms with Crippen LogP contribution in [-0.4, -0.2) is 22.9 Å². The number of hydrogen-bond donors (Lipinski definition) is 1. The Bertz CT molecular complexity index is 389. The first-order valence-electron chi connectivity index (χ1n) is 7.31. The molecule has 2 rings (SSSR count). The summed E-state index contributed by atoms with van der Waals surface area (Å²) in [4.78, 5) is 0. The molecular formula is C15H27N3. The Morgan fingerprint density at radius 3 is 2.39 bits per heavy atom. The van der Waals surface area contributed by atoms with Crippen LogP contribution >= 0.6 is 0 Å². The molecule has 0 aromatic carbocycles. The molecule has 0 saturated heterocycles. The number of likely N-dealkylation sites (N-methyl/N-ethyl adjacent to an activating group) is 1. The molecule has 0 radical (unpaired) electrons. The van der Waals surface area contributed by atoms with Gasteiger partial charge in [0.1, 0.15) is 0 Å². The van der Waals surface area contributed by atoms with Crippen LogP contribution in [0.15, 0.2) is 0 Å². The molecule has 3 heteroatoms. The zero-order chi connectivity index (χ0) is 13.1. The van der Waals surface area contributed by atoms with Crippen LogP contribution in [-0.2, 0) is 6.54 Å². The molecule has 102 valence electrons. The summed E-state index contributed by atoms with van der Waals surface area (Å²) in [5, 5.41) is 8.18. The lowest BCUT2D eigenvalue weighted by molar-refractivity contribution is 0.251. The molecule has 1 N–H and O–H groups in total. The van der Waals surface area contributed by atoms with Gasteiger partial charge in [-0.2, -0.15) is 5.10 Å². The molecule has 0 amide bonds. The summed E-state index contributed by atoms with van der Waals surface area (Å²) in [5.41, 5.74) is 3.84. The maximum absolute atomic E-state index is 4.67. The van der Waals surface area contributed by atoms with Gasteiger partial charge in [-0.3, -0.25) is 4.68 Å². The monoisotopic (exact) mass is 249 g/mol. The number of nitrogens with one attached hydrogen (secondary N) is 1. The lowest BCUT2D eigenvalue weighted by Crippen LogP contribution is -2.39. The number of aromatic nitrogens is 2. The van der Waals surface area contributed by atoms with Crippen molar-refractivity contribution in [3.05, 3.63) is 17.0 Å². The van der Waals surface area contributed by atoms with Gasteiger partial charge < -0.3 is 5.32 Å². The van der Waals surface area contributed by atoms with E-state index in [1.165, 1.54) is 49.1 Å². The summed E-state index contributed by atoms with van der Waals surface area (Å²) in [5.74, 6) is 0.827. The van der Waals surface area contributed by atoms with Gasteiger partial charge in [0.15, 0.2) is 0 Å². The number of nitrogens with zero attached hydrogens (tertiary/aromatic N) is 2. The molecule has 18 heavy (non-hydrogen) atoms. The molecule has 1 fully saturated rings. The smallest absolute Gasteiger partial charge is 0.0625 e. The van der Waals surface area contributed by atoms with Gasteiger partial charge in [0.2, 0.25) is 0 Å². The van der Waals surface area contributed by atoms with Crippen LogP contribution in [0.3, 0.4) is 0 Å². The van der Waals surface area contributed by atoms with E-state index in [2.05, 4.69) is 42.9 Å². The van der Waals surface area contributed by atoms with Gasteiger partial charge in [0.25, 0.3) is 0 Å². The predicted octanol–water partition coefficient (Wildman–Crippen LogP) is 2.98. The van der Waals surface area contributed by atoms with Gasteiger partial charge in [-0.15, -0.1) is 0 Å². The lowest BCUT2D eigenvalue weighted by Gasteiger charge is -2.30. The van der Waals surface area contributed by atoms with Crippen LogP contribution in [0.1, 0.15) is 49.1 Å². The van der Waals surface area contributed by atoms with Crippen molar-refractivity contribution in [1.82, 2.24) is 15.1 Å². The minimum atomic E-state index is 0.572. The van der Waals surface area contributed by atoms with E-state index in [9.17, 15) is 0 Å². The molecule has 0 aliphatic heterocycles. The number of hydrogen-bond acceptors (Lipinski definition) is 2. The maximum atomic E-state index is 4.67. The van der Waals surface area contributed by atoms with Crippen LogP contribution in [0, 0.1) is 26.7 Å². The van der Waals surface area contributed by atoms with Crippen LogP contribution in [0.2, 0.25) is 0 Å². The van der Waals surface area contributed by atoms with E-state index in [0.29, 0.717) is 6.04 Å². The molecule has 1 aliphatic rings. The standard InChI is InChI=1S/C15H27N3/c1-11-12(2)17-18(13(11)3)10-15(16-4)14-8-6-5-7-9-14/h14-16H,5-10H2,1-4H3. The van der Waals surface area contributed by atoms with Crippen molar-refractivity contribution >= 4 is 0 Å². The molecular weight excluding hydrogens is 222 g/mol. The molecule has 1 unspecified atom stereocenters. The van der Waals surface area contributed by atoms with Gasteiger partial charge in [-0.25, -0.2) is 0 Å². The first kappa shape index (κ1) is 13.6. The first-order chi connectivity index (χ1) is 8.63. The Balaban J connectivity index is 2.07. The fourth-order valence-corrected chi connectivity index (χ4v) is 3.16. The average molecular weight is 249 g/mol. The Morgan fingerprint density at radius 2 is 1.89 bits per heavy atom. The van der Waals surface area contributed by atoms with E-state index >= 15 is 0 Å². The molecule has 1 aromatic heterocycles. The minimum Gasteiger partial charge on any atom is -0.315 e. The molecule has 1 heterocycles. The van der Waals surface area contributed by atoms with Crippen molar-refractivity contribution in [1.29, 1.82) is 0 Å². The molecule has 1 aromatic rings. The molecule has 0 bridgehead atoms. The summed E-state index contributed by atoms with van der Waals surface area (Å²) in [6.07, 6.45) is 6.98. The normalized spacial score (nSPS) is 19.1. The highest BCUT2D eigenvalue weighted by Crippen LogP contribution is 2.27. The average Bonchev–Trinajstić information content (AvgIpc) is 2.64. The zero-order valence-corrected chi connectivity index (χ0v) is 12.3. The molecule has 1 atom stereocenters. The van der Waals surface area contributed by atoms with Crippen LogP contribution in [0.5, 0.6) is 0 Å². The second-order valence-corrected chi connectivity index (χ2v) is 5.77. The summed E-state index contributed by atoms with van der Waals surface area (Å²) in [7, 11) is 2.10. The molecule has 1 saturated carbocycles. The van der Waals surface area contributed by atoms with Gasteiger partial charge >= 0.3 is 0 Å². The van der Waals surface area contributed by atoms with Gasteiger partial charge in [-0.05, 0) is 52.1 Å². The van der Waals surface area contributed by atoms with Crippen molar-refractivity contribution in [3.63, 3.8) is 0 Å². The van der Waals surface area contributed by atoms with Gasteiger partial charge in [-0.1, -0.05) is 19.3 Å². The van der Waals surface area contributed by atoms with Crippen LogP contribution in [0.25, 0.3) is 0 Å². The van der Waals surface area contributed by atoms with Crippen molar-refractivity contribution in [2.75, 3.05) is 7.05 Å². The van der Waals surface area contributed by atoms with E-state index in [1.54, 1.807) is 0 Å². The Morgan fingerprint density at radius 1 is 1.22 bits per heavy atom. The second kappa shape index (κ2) is 5.87. The molecule has 1 aliphatic carbocycles. The summed E-state index contributed by atoms with van der Waals surface area (Å²) >= 11 is 0. The van der Waals surface area contributed by atoms with Crippen molar-refractivity contribution in [3.8, 4) is 0 Å². The van der Waals surface area contributed by atoms with Crippen molar-refractivity contribution in [2.24, 2.45) is 5.92 Å². The maximum Gasteiger partial charge on any atom is 0.0625 e. The molecule has 3 nitrogen and oxygen atoms in total. The third kappa shape index (κ3) is 2.77. The topological polar surface area (TPSA) is 29.9 Å². The zero-order valence-electron chi connectivity index (χ0n) is 12.3. The number of rotatable bonds is 4. The summed E-state index contributed by atoms with van der Waals surface area (Å²) in [6, 6.07) is 0.572. The third-order valence-electron chi connectivity index (χ3n) is 4.70. The first-order valence-corrected chi connectivity index (χ1v) is 7.31. The Hall–Kier alpha value is -0.830. The largest absolute Gasteiger partial charge is 0.315 e. The van der Waals surface area contributed by atoms with Crippen molar-refractivity contribution < 1.29 is 0 Å². The predicted molar refractivity (Wildman–Crippen MR) is 75.9 cm³/mol. The van der Waals surface area contributed by atoms with Gasteiger partial charge in [0, 0.05) is 11.7 Å². The fourth-order valence-electron chi connectivity index (χ4n) is 3.16. The van der Waals surface area contributed by atoms with Crippen molar-refractivity contribution in [2.45, 2.75) is 65.5 Å². The summed E-state index contributed by atoms with van der Waals surface area (Å²) < 4.78 is 2.19. The lowest BCUT2D eigenvalue weighted by atomic mass is 9.84. The highest BCUT2D eigenvalue weighted by Gasteiger charge is 2.23. The quantitative estimate of drug-likeness (QED) is 0.889.